The maximum Gasteiger partial charge on any atom is 0.319 e. The lowest BCUT2D eigenvalue weighted by atomic mass is 9.89. The van der Waals surface area contributed by atoms with E-state index < -0.39 is 37.3 Å². The van der Waals surface area contributed by atoms with Gasteiger partial charge in [-0.15, -0.1) is 0 Å². The van der Waals surface area contributed by atoms with Gasteiger partial charge in [0.2, 0.25) is 0 Å². The number of aromatic nitrogens is 2. The predicted molar refractivity (Wildman–Crippen MR) is 162 cm³/mol. The minimum atomic E-state index is -1.30. The fourth-order valence-electron chi connectivity index (χ4n) is 4.65. The zero-order valence-electron chi connectivity index (χ0n) is 24.6. The molecule has 0 bridgehead atoms. The first-order chi connectivity index (χ1) is 20.4. The van der Waals surface area contributed by atoms with Crippen LogP contribution in [-0.4, -0.2) is 50.0 Å². The average molecular weight is 613 g/mol. The highest BCUT2D eigenvalue weighted by atomic mass is 28.3. The third-order valence-corrected chi connectivity index (χ3v) is 8.83. The number of nitrogens with zero attached hydrogens (tertiary/aromatic N) is 2. The highest BCUT2D eigenvalue weighted by Gasteiger charge is 2.33. The van der Waals surface area contributed by atoms with Gasteiger partial charge < -0.3 is 29.4 Å². The molecule has 228 valence electrons. The molecule has 12 heteroatoms. The Labute approximate surface area is 249 Å². The number of rotatable bonds is 11. The number of benzene rings is 2. The molecular formula is C31H35F3N4O4Si. The fraction of sp³-hybridized carbons (Fsp3) is 0.355. The van der Waals surface area contributed by atoms with Gasteiger partial charge in [0.25, 0.3) is 0 Å². The molecule has 43 heavy (non-hydrogen) atoms. The summed E-state index contributed by atoms with van der Waals surface area (Å²) >= 11 is 0. The van der Waals surface area contributed by atoms with E-state index in [1.165, 1.54) is 24.4 Å². The first-order valence-corrected chi connectivity index (χ1v) is 17.7. The summed E-state index contributed by atoms with van der Waals surface area (Å²) in [7, 11) is -1.30. The number of carbonyl (C=O) groups excluding carboxylic acids is 1. The second kappa shape index (κ2) is 12.4. The third kappa shape index (κ3) is 7.38. The van der Waals surface area contributed by atoms with Crippen LogP contribution in [-0.2, 0) is 16.2 Å². The molecule has 1 saturated heterocycles. The highest BCUT2D eigenvalue weighted by Crippen LogP contribution is 2.40. The van der Waals surface area contributed by atoms with E-state index in [1.54, 1.807) is 22.9 Å². The molecule has 0 unspecified atom stereocenters. The Morgan fingerprint density at radius 3 is 2.51 bits per heavy atom. The van der Waals surface area contributed by atoms with E-state index in [-0.39, 0.29) is 23.6 Å². The Morgan fingerprint density at radius 1 is 1.12 bits per heavy atom. The van der Waals surface area contributed by atoms with Crippen LogP contribution in [0.5, 0.6) is 11.5 Å². The van der Waals surface area contributed by atoms with Crippen molar-refractivity contribution in [3.8, 4) is 22.6 Å². The predicted octanol–water partition coefficient (Wildman–Crippen LogP) is 7.38. The first kappa shape index (κ1) is 30.6. The van der Waals surface area contributed by atoms with E-state index in [9.17, 15) is 9.18 Å². The summed E-state index contributed by atoms with van der Waals surface area (Å²) in [5, 5.41) is 5.58. The number of nitrogens with one attached hydrogen (secondary N) is 2. The lowest BCUT2D eigenvalue weighted by molar-refractivity contribution is -0.0974. The minimum absolute atomic E-state index is 0.0724. The second-order valence-corrected chi connectivity index (χ2v) is 18.0. The summed E-state index contributed by atoms with van der Waals surface area (Å²) < 4.78 is 63.4. The van der Waals surface area contributed by atoms with Crippen LogP contribution in [0.25, 0.3) is 22.2 Å². The number of hydrogen-bond donors (Lipinski definition) is 2. The third-order valence-electron chi connectivity index (χ3n) is 7.13. The van der Waals surface area contributed by atoms with Crippen molar-refractivity contribution in [1.29, 1.82) is 0 Å². The molecule has 1 aliphatic heterocycles. The summed E-state index contributed by atoms with van der Waals surface area (Å²) in [6.45, 7) is 10.9. The molecule has 0 saturated carbocycles. The van der Waals surface area contributed by atoms with Crippen molar-refractivity contribution in [3.05, 3.63) is 72.3 Å². The Balaban J connectivity index is 1.42. The minimum Gasteiger partial charge on any atom is -0.450 e. The Bertz CT molecular complexity index is 1610. The van der Waals surface area contributed by atoms with Gasteiger partial charge in [-0.25, -0.2) is 22.9 Å². The molecular weight excluding hydrogens is 577 g/mol. The normalized spacial score (nSPS) is 14.4. The molecule has 2 aromatic heterocycles. The number of hydrogen-bond acceptors (Lipinski definition) is 5. The molecule has 0 spiro atoms. The van der Waals surface area contributed by atoms with E-state index in [1.807, 2.05) is 6.92 Å². The van der Waals surface area contributed by atoms with Crippen molar-refractivity contribution in [3.63, 3.8) is 0 Å². The molecule has 2 amide bonds. The average Bonchev–Trinajstić information content (AvgIpc) is 3.30. The molecule has 4 aromatic rings. The van der Waals surface area contributed by atoms with Crippen LogP contribution < -0.4 is 15.4 Å². The maximum atomic E-state index is 15.2. The molecule has 8 nitrogen and oxygen atoms in total. The first-order valence-electron chi connectivity index (χ1n) is 14.0. The van der Waals surface area contributed by atoms with Crippen LogP contribution in [0.1, 0.15) is 6.92 Å². The van der Waals surface area contributed by atoms with Crippen molar-refractivity contribution in [2.75, 3.05) is 31.7 Å². The number of urea groups is 1. The molecule has 1 fully saturated rings. The number of ether oxygens (including phenoxy) is 3. The summed E-state index contributed by atoms with van der Waals surface area (Å²) in [6.07, 6.45) is 3.23. The van der Waals surface area contributed by atoms with Gasteiger partial charge in [-0.3, -0.25) is 0 Å². The van der Waals surface area contributed by atoms with E-state index in [2.05, 4.69) is 35.3 Å². The number of amides is 2. The second-order valence-electron chi connectivity index (χ2n) is 12.4. The van der Waals surface area contributed by atoms with Crippen molar-refractivity contribution >= 4 is 30.8 Å². The topological polar surface area (TPSA) is 86.6 Å². The smallest absolute Gasteiger partial charge is 0.319 e. The largest absolute Gasteiger partial charge is 0.450 e. The summed E-state index contributed by atoms with van der Waals surface area (Å²) in [5.41, 5.74) is 1.32. The molecule has 0 radical (unpaired) electrons. The lowest BCUT2D eigenvalue weighted by Crippen LogP contribution is -2.49. The fourth-order valence-corrected chi connectivity index (χ4v) is 5.40. The lowest BCUT2D eigenvalue weighted by Gasteiger charge is -2.37. The van der Waals surface area contributed by atoms with Gasteiger partial charge >= 0.3 is 6.03 Å². The van der Waals surface area contributed by atoms with Crippen LogP contribution in [0.3, 0.4) is 0 Å². The highest BCUT2D eigenvalue weighted by molar-refractivity contribution is 6.76. The van der Waals surface area contributed by atoms with Crippen LogP contribution in [0, 0.1) is 22.9 Å². The van der Waals surface area contributed by atoms with Gasteiger partial charge in [-0.1, -0.05) is 38.7 Å². The Hall–Kier alpha value is -3.87. The number of anilines is 1. The number of carbonyl (C=O) groups is 1. The molecule has 3 heterocycles. The maximum absolute atomic E-state index is 15.2. The van der Waals surface area contributed by atoms with Crippen molar-refractivity contribution < 1.29 is 32.2 Å². The van der Waals surface area contributed by atoms with E-state index in [0.29, 0.717) is 48.5 Å². The van der Waals surface area contributed by atoms with Crippen molar-refractivity contribution in [2.24, 2.45) is 5.41 Å². The van der Waals surface area contributed by atoms with Crippen LogP contribution in [0.2, 0.25) is 25.7 Å². The summed E-state index contributed by atoms with van der Waals surface area (Å²) in [6, 6.07) is 9.85. The Morgan fingerprint density at radius 2 is 1.86 bits per heavy atom. The summed E-state index contributed by atoms with van der Waals surface area (Å²) in [4.78, 5) is 16.8. The van der Waals surface area contributed by atoms with Crippen LogP contribution in [0.4, 0.5) is 23.7 Å². The number of fused-ring (bicyclic) bond motifs is 1. The number of pyridine rings is 1. The molecule has 0 atom stereocenters. The van der Waals surface area contributed by atoms with Crippen LogP contribution in [0.15, 0.2) is 54.9 Å². The molecule has 2 aromatic carbocycles. The SMILES string of the molecule is CC1(CNC(=O)Nc2cc(F)c(Oc3ccnc4c3c(-c3cccc(F)c3)cn4COCC[Si](C)(C)C)c(F)c2)COC1. The van der Waals surface area contributed by atoms with Crippen LogP contribution >= 0.6 is 0 Å². The monoisotopic (exact) mass is 612 g/mol. The van der Waals surface area contributed by atoms with Gasteiger partial charge in [-0.05, 0) is 29.8 Å². The van der Waals surface area contributed by atoms with Gasteiger partial charge in [0, 0.05) is 62.4 Å². The summed E-state index contributed by atoms with van der Waals surface area (Å²) in [5.74, 6) is -2.99. The molecule has 0 aliphatic carbocycles. The van der Waals surface area contributed by atoms with Gasteiger partial charge in [-0.2, -0.15) is 0 Å². The van der Waals surface area contributed by atoms with Gasteiger partial charge in [0.1, 0.15) is 23.9 Å². The van der Waals surface area contributed by atoms with E-state index >= 15 is 8.78 Å². The van der Waals surface area contributed by atoms with Crippen molar-refractivity contribution in [1.82, 2.24) is 14.9 Å². The zero-order valence-corrected chi connectivity index (χ0v) is 25.6. The Kier molecular flexibility index (Phi) is 8.81. The quantitative estimate of drug-likeness (QED) is 0.136. The van der Waals surface area contributed by atoms with Gasteiger partial charge in [0.15, 0.2) is 17.4 Å². The van der Waals surface area contributed by atoms with E-state index in [0.717, 1.165) is 18.2 Å². The molecule has 2 N–H and O–H groups in total. The van der Waals surface area contributed by atoms with E-state index in [4.69, 9.17) is 14.2 Å². The zero-order chi connectivity index (χ0) is 30.8. The van der Waals surface area contributed by atoms with Crippen molar-refractivity contribution in [2.45, 2.75) is 39.3 Å². The number of halogens is 3. The molecule has 1 aliphatic rings. The standard InChI is InChI=1S/C31H35F3N4O4Si/c1-31(17-41-18-31)16-36-30(39)37-22-13-24(33)28(25(34)14-22)42-26-8-9-35-29-27(26)23(20-6-5-7-21(32)12-20)15-38(29)19-40-10-11-43(2,3)4/h5-9,12-15H,10-11,16-19H2,1-4H3,(H2,36,37,39). The van der Waals surface area contributed by atoms with Gasteiger partial charge in [0.05, 0.1) is 18.6 Å². The molecule has 5 rings (SSSR count).